The van der Waals surface area contributed by atoms with Crippen LogP contribution in [0.3, 0.4) is 0 Å². The maximum Gasteiger partial charge on any atom is 0.276 e. The van der Waals surface area contributed by atoms with Crippen LogP contribution in [0.25, 0.3) is 11.5 Å². The van der Waals surface area contributed by atoms with E-state index in [4.69, 9.17) is 0 Å². The summed E-state index contributed by atoms with van der Waals surface area (Å²) < 4.78 is 18.2. The van der Waals surface area contributed by atoms with Crippen LogP contribution in [-0.2, 0) is 13.0 Å². The van der Waals surface area contributed by atoms with Crippen LogP contribution < -0.4 is 5.56 Å². The number of hydrogen-bond acceptors (Lipinski definition) is 4. The second-order valence-corrected chi connectivity index (χ2v) is 8.97. The molecule has 0 spiro atoms. The third-order valence-electron chi connectivity index (χ3n) is 6.61. The van der Waals surface area contributed by atoms with Crippen LogP contribution in [0.2, 0.25) is 0 Å². The summed E-state index contributed by atoms with van der Waals surface area (Å²) in [7, 11) is 0. The summed E-state index contributed by atoms with van der Waals surface area (Å²) in [6.45, 7) is 2.35. The average molecular weight is 458 g/mol. The molecule has 172 valence electrons. The number of amides is 1. The average Bonchev–Trinajstić information content (AvgIpc) is 3.49. The van der Waals surface area contributed by atoms with Crippen LogP contribution >= 0.6 is 0 Å². The maximum absolute atomic E-state index is 14.9. The highest BCUT2D eigenvalue weighted by molar-refractivity contribution is 5.95. The van der Waals surface area contributed by atoms with Crippen LogP contribution in [-0.4, -0.2) is 41.7 Å². The molecule has 6 rings (SSSR count). The van der Waals surface area contributed by atoms with E-state index >= 15 is 0 Å². The number of pyridine rings is 1. The Morgan fingerprint density at radius 2 is 2.06 bits per heavy atom. The molecule has 0 atom stereocenters. The smallest absolute Gasteiger partial charge is 0.276 e. The van der Waals surface area contributed by atoms with Crippen LogP contribution in [0.5, 0.6) is 0 Å². The third kappa shape index (κ3) is 3.44. The maximum atomic E-state index is 14.9. The molecule has 1 aliphatic heterocycles. The Kier molecular flexibility index (Phi) is 4.72. The fraction of sp³-hybridized carbons (Fsp3) is 0.280. The Hall–Kier alpha value is -4.01. The molecule has 1 aliphatic carbocycles. The molecule has 0 bridgehead atoms. The van der Waals surface area contributed by atoms with E-state index in [1.54, 1.807) is 41.7 Å². The number of rotatable bonds is 4. The summed E-state index contributed by atoms with van der Waals surface area (Å²) in [5.41, 5.74) is 3.61. The van der Waals surface area contributed by atoms with Gasteiger partial charge in [-0.05, 0) is 56.0 Å². The zero-order valence-electron chi connectivity index (χ0n) is 18.7. The van der Waals surface area contributed by atoms with Gasteiger partial charge in [0.05, 0.1) is 35.5 Å². The second kappa shape index (κ2) is 7.79. The number of halogens is 1. The largest absolute Gasteiger partial charge is 0.332 e. The van der Waals surface area contributed by atoms with Crippen LogP contribution in [0, 0.1) is 12.7 Å². The van der Waals surface area contributed by atoms with Gasteiger partial charge in [-0.3, -0.25) is 14.7 Å². The lowest BCUT2D eigenvalue weighted by Crippen LogP contribution is -2.37. The molecule has 1 saturated carbocycles. The van der Waals surface area contributed by atoms with Crippen molar-refractivity contribution in [3.8, 4) is 11.5 Å². The van der Waals surface area contributed by atoms with Gasteiger partial charge in [0.1, 0.15) is 5.82 Å². The number of hydrogen-bond donors (Lipinski definition) is 1. The zero-order chi connectivity index (χ0) is 23.4. The van der Waals surface area contributed by atoms with Crippen molar-refractivity contribution in [1.29, 1.82) is 0 Å². The normalized spacial score (nSPS) is 15.4. The Bertz CT molecular complexity index is 1460. The fourth-order valence-electron chi connectivity index (χ4n) is 4.58. The Balaban J connectivity index is 1.30. The molecule has 9 heteroatoms. The molecule has 1 amide bonds. The number of benzene rings is 1. The van der Waals surface area contributed by atoms with Gasteiger partial charge in [0, 0.05) is 30.4 Å². The standard InChI is InChI=1S/C25H23FN6O2/c1-15-10-19(26)18(11-22(15)31-12-20(28-14-31)16-5-6-16)24(33)30-9-7-17-21(13-30)29-32(25(17)34)23-4-2-3-8-27-23/h2-4,8,10-12,14,16,29H,5-7,9,13H2,1H3. The molecule has 1 aromatic carbocycles. The number of H-pyrrole nitrogens is 1. The summed E-state index contributed by atoms with van der Waals surface area (Å²) in [4.78, 5) is 36.5. The highest BCUT2D eigenvalue weighted by atomic mass is 19.1. The van der Waals surface area contributed by atoms with Gasteiger partial charge in [-0.15, -0.1) is 0 Å². The van der Waals surface area contributed by atoms with E-state index in [-0.39, 0.29) is 17.7 Å². The SMILES string of the molecule is Cc1cc(F)c(C(=O)N2CCc3c([nH]n(-c4ccccn4)c3=O)C2)cc1-n1cnc(C2CC2)c1. The van der Waals surface area contributed by atoms with Gasteiger partial charge >= 0.3 is 0 Å². The van der Waals surface area contributed by atoms with Gasteiger partial charge in [0.25, 0.3) is 11.5 Å². The number of aromatic amines is 1. The zero-order valence-corrected chi connectivity index (χ0v) is 18.7. The number of fused-ring (bicyclic) bond motifs is 1. The Morgan fingerprint density at radius 3 is 2.82 bits per heavy atom. The minimum Gasteiger partial charge on any atom is -0.332 e. The van der Waals surface area contributed by atoms with Gasteiger partial charge < -0.3 is 9.47 Å². The highest BCUT2D eigenvalue weighted by Gasteiger charge is 2.29. The molecule has 3 aromatic heterocycles. The molecule has 34 heavy (non-hydrogen) atoms. The molecule has 0 unspecified atom stereocenters. The van der Waals surface area contributed by atoms with Gasteiger partial charge in [0.15, 0.2) is 5.82 Å². The van der Waals surface area contributed by atoms with Crippen molar-refractivity contribution in [2.75, 3.05) is 6.54 Å². The molecule has 2 aliphatic rings. The summed E-state index contributed by atoms with van der Waals surface area (Å²) in [6, 6.07) is 8.31. The highest BCUT2D eigenvalue weighted by Crippen LogP contribution is 2.39. The number of carbonyl (C=O) groups is 1. The molecular formula is C25H23FN6O2. The lowest BCUT2D eigenvalue weighted by molar-refractivity contribution is 0.0727. The summed E-state index contributed by atoms with van der Waals surface area (Å²) in [6.07, 6.45) is 7.98. The minimum atomic E-state index is -0.556. The molecule has 4 aromatic rings. The van der Waals surface area contributed by atoms with E-state index in [0.717, 1.165) is 29.8 Å². The van der Waals surface area contributed by atoms with Crippen LogP contribution in [0.4, 0.5) is 4.39 Å². The first kappa shape index (κ1) is 20.6. The molecule has 1 N–H and O–H groups in total. The first-order chi connectivity index (χ1) is 16.5. The number of aromatic nitrogens is 5. The molecule has 0 radical (unpaired) electrons. The van der Waals surface area contributed by atoms with Crippen LogP contribution in [0.1, 0.15) is 51.6 Å². The van der Waals surface area contributed by atoms with Crippen molar-refractivity contribution in [1.82, 2.24) is 29.2 Å². The molecule has 1 fully saturated rings. The van der Waals surface area contributed by atoms with E-state index in [0.29, 0.717) is 36.0 Å². The quantitative estimate of drug-likeness (QED) is 0.508. The fourth-order valence-corrected chi connectivity index (χ4v) is 4.58. The Labute approximate surface area is 194 Å². The van der Waals surface area contributed by atoms with Crippen molar-refractivity contribution < 1.29 is 9.18 Å². The van der Waals surface area contributed by atoms with Gasteiger partial charge in [-0.1, -0.05) is 6.07 Å². The predicted molar refractivity (Wildman–Crippen MR) is 123 cm³/mol. The number of nitrogens with zero attached hydrogens (tertiary/aromatic N) is 5. The monoisotopic (exact) mass is 458 g/mol. The summed E-state index contributed by atoms with van der Waals surface area (Å²) in [5.74, 6) is 0.0311. The molecule has 4 heterocycles. The third-order valence-corrected chi connectivity index (χ3v) is 6.61. The first-order valence-electron chi connectivity index (χ1n) is 11.4. The summed E-state index contributed by atoms with van der Waals surface area (Å²) in [5, 5.41) is 3.08. The Morgan fingerprint density at radius 1 is 1.21 bits per heavy atom. The second-order valence-electron chi connectivity index (χ2n) is 8.97. The minimum absolute atomic E-state index is 0.0113. The lowest BCUT2D eigenvalue weighted by atomic mass is 10.0. The topological polar surface area (TPSA) is 88.8 Å². The number of imidazole rings is 1. The molecule has 8 nitrogen and oxygen atoms in total. The number of aryl methyl sites for hydroxylation is 1. The van der Waals surface area contributed by atoms with Gasteiger partial charge in [-0.25, -0.2) is 19.0 Å². The van der Waals surface area contributed by atoms with Crippen LogP contribution in [0.15, 0.2) is 53.8 Å². The van der Waals surface area contributed by atoms with Crippen molar-refractivity contribution in [2.24, 2.45) is 0 Å². The number of nitrogens with one attached hydrogen (secondary N) is 1. The predicted octanol–water partition coefficient (Wildman–Crippen LogP) is 3.27. The van der Waals surface area contributed by atoms with E-state index < -0.39 is 11.7 Å². The van der Waals surface area contributed by atoms with Gasteiger partial charge in [-0.2, -0.15) is 0 Å². The van der Waals surface area contributed by atoms with E-state index in [1.807, 2.05) is 17.7 Å². The van der Waals surface area contributed by atoms with E-state index in [9.17, 15) is 14.0 Å². The van der Waals surface area contributed by atoms with Gasteiger partial charge in [0.2, 0.25) is 0 Å². The van der Waals surface area contributed by atoms with E-state index in [1.165, 1.54) is 10.7 Å². The lowest BCUT2D eigenvalue weighted by Gasteiger charge is -2.26. The van der Waals surface area contributed by atoms with E-state index in [2.05, 4.69) is 15.1 Å². The molecular weight excluding hydrogens is 435 g/mol. The van der Waals surface area contributed by atoms with Crippen molar-refractivity contribution in [3.05, 3.63) is 93.3 Å². The molecule has 0 saturated heterocycles. The number of carbonyl (C=O) groups excluding carboxylic acids is 1. The van der Waals surface area contributed by atoms with Crippen molar-refractivity contribution >= 4 is 5.91 Å². The van der Waals surface area contributed by atoms with Crippen molar-refractivity contribution in [2.45, 2.75) is 38.6 Å². The van der Waals surface area contributed by atoms with Crippen molar-refractivity contribution in [3.63, 3.8) is 0 Å². The summed E-state index contributed by atoms with van der Waals surface area (Å²) >= 11 is 0. The first-order valence-corrected chi connectivity index (χ1v) is 11.4.